The van der Waals surface area contributed by atoms with Crippen LogP contribution in [0.2, 0.25) is 0 Å². The molecule has 0 aliphatic carbocycles. The normalized spacial score (nSPS) is 10.5. The van der Waals surface area contributed by atoms with Gasteiger partial charge in [-0.05, 0) is 20.8 Å². The van der Waals surface area contributed by atoms with Crippen molar-refractivity contribution in [2.75, 3.05) is 13.2 Å². The van der Waals surface area contributed by atoms with Crippen molar-refractivity contribution >= 4 is 17.9 Å². The number of hydrogen-bond donors (Lipinski definition) is 0. The molecule has 0 saturated carbocycles. The van der Waals surface area contributed by atoms with Gasteiger partial charge in [-0.1, -0.05) is 0 Å². The number of hydrogen-bond acceptors (Lipinski definition) is 6. The van der Waals surface area contributed by atoms with E-state index in [9.17, 15) is 14.4 Å². The van der Waals surface area contributed by atoms with Gasteiger partial charge < -0.3 is 14.2 Å². The summed E-state index contributed by atoms with van der Waals surface area (Å²) in [5, 5.41) is 0. The van der Waals surface area contributed by atoms with Crippen molar-refractivity contribution in [2.24, 2.45) is 0 Å². The summed E-state index contributed by atoms with van der Waals surface area (Å²) in [6.45, 7) is 5.28. The predicted octanol–water partition coefficient (Wildman–Crippen LogP) is 0.434. The van der Waals surface area contributed by atoms with E-state index in [1.54, 1.807) is 20.8 Å². The second-order valence-corrected chi connectivity index (χ2v) is 4.03. The summed E-state index contributed by atoms with van der Waals surface area (Å²) in [4.78, 5) is 32.4. The Morgan fingerprint density at radius 2 is 1.44 bits per heavy atom. The highest BCUT2D eigenvalue weighted by atomic mass is 16.6. The Kier molecular flexibility index (Phi) is 5.49. The van der Waals surface area contributed by atoms with Crippen LogP contribution in [0.3, 0.4) is 0 Å². The van der Waals surface area contributed by atoms with E-state index in [4.69, 9.17) is 4.74 Å². The smallest absolute Gasteiger partial charge is 0.344 e. The molecular weight excluding hydrogens is 216 g/mol. The number of esters is 3. The maximum atomic E-state index is 11.1. The molecule has 0 bridgehead atoms. The minimum absolute atomic E-state index is 0.489. The Morgan fingerprint density at radius 3 is 1.88 bits per heavy atom. The van der Waals surface area contributed by atoms with Crippen LogP contribution in [0.1, 0.15) is 27.7 Å². The molecule has 6 heteroatoms. The lowest BCUT2D eigenvalue weighted by Gasteiger charge is -2.19. The Bertz CT molecular complexity index is 276. The number of ether oxygens (including phenoxy) is 3. The molecule has 16 heavy (non-hydrogen) atoms. The zero-order valence-electron chi connectivity index (χ0n) is 9.86. The van der Waals surface area contributed by atoms with E-state index >= 15 is 0 Å². The van der Waals surface area contributed by atoms with Crippen LogP contribution in [0.4, 0.5) is 0 Å². The van der Waals surface area contributed by atoms with Crippen LogP contribution in [0.25, 0.3) is 0 Å². The fourth-order valence-corrected chi connectivity index (χ4v) is 0.713. The third-order valence-electron chi connectivity index (χ3n) is 1.16. The van der Waals surface area contributed by atoms with Crippen molar-refractivity contribution in [2.45, 2.75) is 33.3 Å². The van der Waals surface area contributed by atoms with E-state index in [2.05, 4.69) is 9.47 Å². The van der Waals surface area contributed by atoms with Gasteiger partial charge in [0, 0.05) is 6.92 Å². The fraction of sp³-hybridized carbons (Fsp3) is 0.700. The van der Waals surface area contributed by atoms with Gasteiger partial charge in [0.2, 0.25) is 0 Å². The Labute approximate surface area is 93.8 Å². The number of rotatable bonds is 4. The van der Waals surface area contributed by atoms with Gasteiger partial charge in [-0.15, -0.1) is 0 Å². The van der Waals surface area contributed by atoms with Crippen molar-refractivity contribution in [3.63, 3.8) is 0 Å². The lowest BCUT2D eigenvalue weighted by molar-refractivity contribution is -0.169. The summed E-state index contributed by atoms with van der Waals surface area (Å²) in [5.41, 5.74) is -0.626. The monoisotopic (exact) mass is 232 g/mol. The molecule has 0 aromatic heterocycles. The van der Waals surface area contributed by atoms with E-state index in [1.165, 1.54) is 6.92 Å². The van der Waals surface area contributed by atoms with Gasteiger partial charge in [0.1, 0.15) is 5.60 Å². The molecule has 0 aliphatic rings. The minimum Gasteiger partial charge on any atom is -0.457 e. The first-order valence-electron chi connectivity index (χ1n) is 4.71. The molecule has 0 atom stereocenters. The molecule has 0 N–H and O–H groups in total. The molecule has 0 aromatic rings. The summed E-state index contributed by atoms with van der Waals surface area (Å²) in [6.07, 6.45) is 0. The van der Waals surface area contributed by atoms with Gasteiger partial charge in [0.05, 0.1) is 0 Å². The zero-order chi connectivity index (χ0) is 12.8. The standard InChI is InChI=1S/C10H16O6/c1-7(11)14-5-8(12)15-6-9(13)16-10(2,3)4/h5-6H2,1-4H3. The molecule has 0 aromatic carbocycles. The first-order chi connectivity index (χ1) is 7.20. The molecule has 0 rings (SSSR count). The molecule has 0 saturated heterocycles. The van der Waals surface area contributed by atoms with Gasteiger partial charge in [-0.3, -0.25) is 4.79 Å². The lowest BCUT2D eigenvalue weighted by Crippen LogP contribution is -2.28. The molecule has 92 valence electrons. The van der Waals surface area contributed by atoms with Crippen LogP contribution >= 0.6 is 0 Å². The molecule has 0 amide bonds. The Morgan fingerprint density at radius 1 is 0.938 bits per heavy atom. The van der Waals surface area contributed by atoms with Crippen molar-refractivity contribution in [1.82, 2.24) is 0 Å². The molecule has 0 unspecified atom stereocenters. The van der Waals surface area contributed by atoms with E-state index in [1.807, 2.05) is 0 Å². The average Bonchev–Trinajstić information content (AvgIpc) is 2.08. The summed E-state index contributed by atoms with van der Waals surface area (Å²) < 4.78 is 13.8. The highest BCUT2D eigenvalue weighted by Crippen LogP contribution is 2.06. The zero-order valence-corrected chi connectivity index (χ0v) is 9.86. The molecule has 0 aliphatic heterocycles. The molecular formula is C10H16O6. The van der Waals surface area contributed by atoms with Crippen molar-refractivity contribution in [1.29, 1.82) is 0 Å². The Balaban J connectivity index is 3.76. The summed E-state index contributed by atoms with van der Waals surface area (Å²) in [7, 11) is 0. The van der Waals surface area contributed by atoms with E-state index < -0.39 is 36.7 Å². The van der Waals surface area contributed by atoms with E-state index in [0.29, 0.717) is 0 Å². The number of carbonyl (C=O) groups is 3. The highest BCUT2D eigenvalue weighted by Gasteiger charge is 2.17. The Hall–Kier alpha value is -1.59. The third kappa shape index (κ3) is 8.98. The van der Waals surface area contributed by atoms with Crippen molar-refractivity contribution in [3.8, 4) is 0 Å². The van der Waals surface area contributed by atoms with Gasteiger partial charge in [0.15, 0.2) is 13.2 Å². The second kappa shape index (κ2) is 6.09. The second-order valence-electron chi connectivity index (χ2n) is 4.03. The van der Waals surface area contributed by atoms with Crippen LogP contribution in [-0.2, 0) is 28.6 Å². The van der Waals surface area contributed by atoms with Crippen LogP contribution in [-0.4, -0.2) is 36.7 Å². The third-order valence-corrected chi connectivity index (χ3v) is 1.16. The van der Waals surface area contributed by atoms with Gasteiger partial charge >= 0.3 is 17.9 Å². The van der Waals surface area contributed by atoms with Crippen LogP contribution in [0.5, 0.6) is 0 Å². The summed E-state index contributed by atoms with van der Waals surface area (Å²) in [6, 6.07) is 0. The van der Waals surface area contributed by atoms with E-state index in [-0.39, 0.29) is 0 Å². The van der Waals surface area contributed by atoms with Gasteiger partial charge in [0.25, 0.3) is 0 Å². The largest absolute Gasteiger partial charge is 0.457 e. The average molecular weight is 232 g/mol. The van der Waals surface area contributed by atoms with E-state index in [0.717, 1.165) is 0 Å². The maximum Gasteiger partial charge on any atom is 0.344 e. The predicted molar refractivity (Wildman–Crippen MR) is 53.4 cm³/mol. The van der Waals surface area contributed by atoms with Crippen LogP contribution in [0.15, 0.2) is 0 Å². The first-order valence-corrected chi connectivity index (χ1v) is 4.71. The SMILES string of the molecule is CC(=O)OCC(=O)OCC(=O)OC(C)(C)C. The fourth-order valence-electron chi connectivity index (χ4n) is 0.713. The van der Waals surface area contributed by atoms with Crippen LogP contribution in [0, 0.1) is 0 Å². The van der Waals surface area contributed by atoms with Crippen LogP contribution < -0.4 is 0 Å². The van der Waals surface area contributed by atoms with Crippen molar-refractivity contribution < 1.29 is 28.6 Å². The van der Waals surface area contributed by atoms with Crippen molar-refractivity contribution in [3.05, 3.63) is 0 Å². The number of carbonyl (C=O) groups excluding carboxylic acids is 3. The summed E-state index contributed by atoms with van der Waals surface area (Å²) >= 11 is 0. The topological polar surface area (TPSA) is 78.9 Å². The van der Waals surface area contributed by atoms with Gasteiger partial charge in [-0.25, -0.2) is 9.59 Å². The molecule has 0 heterocycles. The molecule has 0 spiro atoms. The first kappa shape index (κ1) is 14.4. The quantitative estimate of drug-likeness (QED) is 0.516. The molecule has 0 radical (unpaired) electrons. The highest BCUT2D eigenvalue weighted by molar-refractivity contribution is 5.78. The lowest BCUT2D eigenvalue weighted by atomic mass is 10.2. The molecule has 6 nitrogen and oxygen atoms in total. The minimum atomic E-state index is -0.791. The van der Waals surface area contributed by atoms with Gasteiger partial charge in [-0.2, -0.15) is 0 Å². The summed E-state index contributed by atoms with van der Waals surface area (Å²) in [5.74, 6) is -2.03. The molecule has 0 fully saturated rings. The maximum absolute atomic E-state index is 11.1.